The molecule has 0 aromatic carbocycles. The average molecular weight is 235 g/mol. The van der Waals surface area contributed by atoms with Crippen LogP contribution in [0.4, 0.5) is 0 Å². The summed E-state index contributed by atoms with van der Waals surface area (Å²) in [5.74, 6) is -1.59. The fourth-order valence-corrected chi connectivity index (χ4v) is 0.0722. The molecule has 8 nitrogen and oxygen atoms in total. The van der Waals surface area contributed by atoms with Crippen LogP contribution in [0.25, 0.3) is 11.5 Å². The van der Waals surface area contributed by atoms with E-state index in [9.17, 15) is 9.59 Å². The molecule has 0 aliphatic rings. The molecule has 0 saturated carbocycles. The van der Waals surface area contributed by atoms with Gasteiger partial charge in [0.05, 0.1) is 0 Å². The van der Waals surface area contributed by atoms with Crippen molar-refractivity contribution in [2.45, 2.75) is 0 Å². The number of carbonyl (C=O) groups excluding carboxylic acids is 2. The molecule has 13 heavy (non-hydrogen) atoms. The van der Waals surface area contributed by atoms with E-state index < -0.39 is 24.9 Å². The third-order valence-electron chi connectivity index (χ3n) is 0.549. The Balaban J connectivity index is -0.000000143. The van der Waals surface area contributed by atoms with Gasteiger partial charge in [-0.25, -0.2) is 0 Å². The van der Waals surface area contributed by atoms with E-state index in [0.717, 1.165) is 11.0 Å². The predicted octanol–water partition coefficient (Wildman–Crippen LogP) is -0.697. The van der Waals surface area contributed by atoms with Crippen LogP contribution in [0.15, 0.2) is 0 Å². The Labute approximate surface area is 84.5 Å². The zero-order valence-electron chi connectivity index (χ0n) is 6.36. The van der Waals surface area contributed by atoms with Gasteiger partial charge in [-0.2, -0.15) is 0 Å². The van der Waals surface area contributed by atoms with E-state index in [1.807, 2.05) is 0 Å². The zero-order chi connectivity index (χ0) is 9.98. The molecule has 0 unspecified atom stereocenters. The van der Waals surface area contributed by atoms with Crippen molar-refractivity contribution in [2.75, 3.05) is 13.1 Å². The van der Waals surface area contributed by atoms with E-state index in [-0.39, 0.29) is 16.5 Å². The van der Waals surface area contributed by atoms with Crippen molar-refractivity contribution in [3.05, 3.63) is 21.9 Å². The van der Waals surface area contributed by atoms with Crippen LogP contribution in [-0.4, -0.2) is 24.9 Å². The number of amides is 2. The summed E-state index contributed by atoms with van der Waals surface area (Å²) >= 11 is 0. The van der Waals surface area contributed by atoms with Gasteiger partial charge in [0.1, 0.15) is 0 Å². The molecule has 0 aliphatic carbocycles. The average Bonchev–Trinajstić information content (AvgIpc) is 2.16. The predicted molar refractivity (Wildman–Crippen MR) is 41.4 cm³/mol. The van der Waals surface area contributed by atoms with Crippen molar-refractivity contribution in [1.82, 2.24) is 11.0 Å². The molecule has 0 heterocycles. The molecule has 0 radical (unpaired) electrons. The van der Waals surface area contributed by atoms with Gasteiger partial charge < -0.3 is 32.8 Å². The summed E-state index contributed by atoms with van der Waals surface area (Å²) in [5.41, 5.74) is 14.5. The summed E-state index contributed by atoms with van der Waals surface area (Å²) in [6.07, 6.45) is 0. The van der Waals surface area contributed by atoms with Crippen LogP contribution >= 0.6 is 0 Å². The van der Waals surface area contributed by atoms with Gasteiger partial charge in [-0.3, -0.25) is 9.59 Å². The largest absolute Gasteiger partial charge is 0.759 e. The van der Waals surface area contributed by atoms with Gasteiger partial charge in [0.25, 0.3) is 0 Å². The minimum absolute atomic E-state index is 0. The Bertz CT molecular complexity index is 116. The molecule has 0 aromatic rings. The third-order valence-corrected chi connectivity index (χ3v) is 0.549. The Kier molecular flexibility index (Phi) is 19.3. The summed E-state index contributed by atoms with van der Waals surface area (Å²) in [5, 5.41) is 18.3. The van der Waals surface area contributed by atoms with E-state index in [1.54, 1.807) is 0 Å². The van der Waals surface area contributed by atoms with Crippen molar-refractivity contribution < 1.29 is 26.1 Å². The quantitative estimate of drug-likeness (QED) is 0.479. The topological polar surface area (TPSA) is 152 Å². The van der Waals surface area contributed by atoms with Crippen LogP contribution in [0.1, 0.15) is 0 Å². The number of nitrogens with one attached hydrogen (secondary N) is 4. The minimum Gasteiger partial charge on any atom is -0.759 e. The summed E-state index contributed by atoms with van der Waals surface area (Å²) in [6.45, 7) is -0.965. The number of hydrogen-bond donors (Lipinski definition) is 2. The maximum Gasteiger partial charge on any atom is 0.188 e. The standard InChI is InChI=1S/2C2H4N2O2.Ni/c2*3-1-2(5)4-6;/h2*3H,1H2,(H-,4,5,6);/q2*-2;. The Morgan fingerprint density at radius 1 is 1.00 bits per heavy atom. The summed E-state index contributed by atoms with van der Waals surface area (Å²) in [7, 11) is 0. The van der Waals surface area contributed by atoms with Crippen molar-refractivity contribution in [3.8, 4) is 0 Å². The monoisotopic (exact) mass is 234 g/mol. The number of hydrogen-bond acceptors (Lipinski definition) is 4. The summed E-state index contributed by atoms with van der Waals surface area (Å²) < 4.78 is 0. The Morgan fingerprint density at radius 3 is 1.23 bits per heavy atom. The molecule has 0 bridgehead atoms. The smallest absolute Gasteiger partial charge is 0.188 e. The zero-order valence-corrected chi connectivity index (χ0v) is 7.35. The molecule has 0 fully saturated rings. The molecule has 2 amide bonds. The van der Waals surface area contributed by atoms with Gasteiger partial charge in [0.15, 0.2) is 11.8 Å². The van der Waals surface area contributed by atoms with E-state index in [2.05, 4.69) is 0 Å². The van der Waals surface area contributed by atoms with Crippen LogP contribution < -0.4 is 11.0 Å². The number of carbonyl (C=O) groups is 2. The van der Waals surface area contributed by atoms with Crippen LogP contribution in [-0.2, 0) is 26.1 Å². The second-order valence-electron chi connectivity index (χ2n) is 1.40. The van der Waals surface area contributed by atoms with Crippen LogP contribution in [0, 0.1) is 10.4 Å². The Hall–Kier alpha value is -0.726. The molecule has 4 N–H and O–H groups in total. The normalized spacial score (nSPS) is 7.08. The van der Waals surface area contributed by atoms with Crippen LogP contribution in [0.2, 0.25) is 0 Å². The van der Waals surface area contributed by atoms with Gasteiger partial charge in [0, 0.05) is 16.5 Å². The van der Waals surface area contributed by atoms with Gasteiger partial charge in [0.2, 0.25) is 0 Å². The molecule has 0 aromatic heterocycles. The fraction of sp³-hybridized carbons (Fsp3) is 0.500. The number of hydroxylamine groups is 2. The van der Waals surface area contributed by atoms with Crippen molar-refractivity contribution in [3.63, 3.8) is 0 Å². The maximum atomic E-state index is 9.57. The first kappa shape index (κ1) is 18.1. The van der Waals surface area contributed by atoms with E-state index in [0.29, 0.717) is 0 Å². The SMILES string of the molecule is [NH-]CC(=O)N[O-].[NH-]CC(=O)N[O-].[Ni]. The first-order valence-electron chi connectivity index (χ1n) is 2.73. The molecule has 0 aliphatic heterocycles. The second-order valence-corrected chi connectivity index (χ2v) is 1.40. The van der Waals surface area contributed by atoms with Crippen molar-refractivity contribution in [1.29, 1.82) is 0 Å². The maximum absolute atomic E-state index is 9.57. The molecule has 0 rings (SSSR count). The van der Waals surface area contributed by atoms with Crippen molar-refractivity contribution in [2.24, 2.45) is 0 Å². The summed E-state index contributed by atoms with van der Waals surface area (Å²) in [6, 6.07) is 0. The fourth-order valence-electron chi connectivity index (χ4n) is 0.0722. The molecule has 0 spiro atoms. The van der Waals surface area contributed by atoms with Gasteiger partial charge >= 0.3 is 0 Å². The third kappa shape index (κ3) is 18.3. The van der Waals surface area contributed by atoms with Gasteiger partial charge in [-0.1, -0.05) is 13.1 Å². The van der Waals surface area contributed by atoms with Crippen LogP contribution in [0.3, 0.4) is 0 Å². The van der Waals surface area contributed by atoms with E-state index >= 15 is 0 Å². The number of rotatable bonds is 2. The van der Waals surface area contributed by atoms with Gasteiger partial charge in [-0.15, -0.1) is 0 Å². The van der Waals surface area contributed by atoms with Gasteiger partial charge in [-0.05, 0) is 0 Å². The second kappa shape index (κ2) is 13.8. The van der Waals surface area contributed by atoms with E-state index in [1.165, 1.54) is 0 Å². The van der Waals surface area contributed by atoms with Crippen molar-refractivity contribution >= 4 is 11.8 Å². The molecule has 82 valence electrons. The molecular weight excluding hydrogens is 227 g/mol. The molecular formula is C4H8N4NiO4-4. The molecule has 0 atom stereocenters. The minimum atomic E-state index is -0.796. The van der Waals surface area contributed by atoms with Crippen LogP contribution in [0.5, 0.6) is 0 Å². The Morgan fingerprint density at radius 2 is 1.23 bits per heavy atom. The first-order chi connectivity index (χ1) is 5.62. The molecule has 0 saturated heterocycles. The molecule has 9 heteroatoms. The first-order valence-corrected chi connectivity index (χ1v) is 2.73. The van der Waals surface area contributed by atoms with E-state index in [4.69, 9.17) is 21.9 Å². The summed E-state index contributed by atoms with van der Waals surface area (Å²) in [4.78, 5) is 19.1.